The molecule has 0 saturated carbocycles. The van der Waals surface area contributed by atoms with Gasteiger partial charge in [-0.15, -0.1) is 0 Å². The monoisotopic (exact) mass is 587 g/mol. The SMILES string of the molecule is O=[N+]([O-])c1ccc2[nH]c(=S)n(/C=C(\c3ccc(Cl)cc3Cl)S(=O)(=O)Cc3ccc(Cl)cc3Cl)c2c1. The van der Waals surface area contributed by atoms with Crippen LogP contribution in [0.3, 0.4) is 0 Å². The van der Waals surface area contributed by atoms with Crippen LogP contribution >= 0.6 is 58.6 Å². The van der Waals surface area contributed by atoms with Gasteiger partial charge in [0, 0.05) is 39.0 Å². The zero-order valence-electron chi connectivity index (χ0n) is 17.3. The number of aromatic amines is 1. The van der Waals surface area contributed by atoms with E-state index in [0.717, 1.165) is 0 Å². The summed E-state index contributed by atoms with van der Waals surface area (Å²) in [5.74, 6) is -0.469. The van der Waals surface area contributed by atoms with Crippen molar-refractivity contribution in [2.24, 2.45) is 0 Å². The number of hydrogen-bond donors (Lipinski definition) is 1. The van der Waals surface area contributed by atoms with Gasteiger partial charge in [-0.3, -0.25) is 14.7 Å². The highest BCUT2D eigenvalue weighted by Gasteiger charge is 2.25. The second kappa shape index (κ2) is 9.93. The van der Waals surface area contributed by atoms with Gasteiger partial charge in [0.2, 0.25) is 0 Å². The predicted molar refractivity (Wildman–Crippen MR) is 143 cm³/mol. The van der Waals surface area contributed by atoms with Gasteiger partial charge in [0.25, 0.3) is 5.69 Å². The third-order valence-corrected chi connectivity index (χ3v) is 8.17. The molecule has 1 N–H and O–H groups in total. The first kappa shape index (κ1) is 25.7. The molecule has 4 rings (SSSR count). The van der Waals surface area contributed by atoms with Gasteiger partial charge in [-0.2, -0.15) is 0 Å². The Morgan fingerprint density at radius 2 is 1.66 bits per heavy atom. The number of nitro benzene ring substituents is 1. The molecule has 1 heterocycles. The average Bonchev–Trinajstić information content (AvgIpc) is 3.08. The maximum Gasteiger partial charge on any atom is 0.271 e. The largest absolute Gasteiger partial charge is 0.330 e. The lowest BCUT2D eigenvalue weighted by Crippen LogP contribution is -2.09. The van der Waals surface area contributed by atoms with Crippen LogP contribution in [0, 0.1) is 14.9 Å². The van der Waals surface area contributed by atoms with Gasteiger partial charge in [-0.25, -0.2) is 8.42 Å². The van der Waals surface area contributed by atoms with Crippen LogP contribution in [0.5, 0.6) is 0 Å². The zero-order valence-corrected chi connectivity index (χ0v) is 22.0. The summed E-state index contributed by atoms with van der Waals surface area (Å²) in [5, 5.41) is 12.2. The molecule has 4 aromatic rings. The van der Waals surface area contributed by atoms with E-state index in [0.29, 0.717) is 26.6 Å². The van der Waals surface area contributed by atoms with E-state index < -0.39 is 20.5 Å². The number of hydrogen-bond acceptors (Lipinski definition) is 5. The minimum Gasteiger partial charge on any atom is -0.330 e. The van der Waals surface area contributed by atoms with Crippen molar-refractivity contribution >= 4 is 96.3 Å². The number of nitrogens with one attached hydrogen (secondary N) is 1. The van der Waals surface area contributed by atoms with Crippen LogP contribution in [-0.2, 0) is 15.6 Å². The van der Waals surface area contributed by atoms with Crippen LogP contribution in [0.25, 0.3) is 22.1 Å². The van der Waals surface area contributed by atoms with E-state index in [4.69, 9.17) is 58.6 Å². The maximum absolute atomic E-state index is 13.7. The van der Waals surface area contributed by atoms with Crippen molar-refractivity contribution in [3.8, 4) is 0 Å². The molecule has 0 aliphatic carbocycles. The first-order chi connectivity index (χ1) is 16.5. The molecule has 0 amide bonds. The fourth-order valence-electron chi connectivity index (χ4n) is 3.40. The standard InChI is InChI=1S/C22H13Cl4N3O4S2/c23-13-2-1-12(17(25)7-13)11-35(32,33)21(16-5-3-14(24)8-18(16)26)10-28-20-9-15(29(30)31)4-6-19(20)27-22(28)34/h1-10H,11H2,(H,27,34)/b21-10+. The Balaban J connectivity index is 1.97. The Morgan fingerprint density at radius 1 is 1.00 bits per heavy atom. The van der Waals surface area contributed by atoms with E-state index in [2.05, 4.69) is 4.98 Å². The molecule has 35 heavy (non-hydrogen) atoms. The Labute approximate surface area is 224 Å². The Hall–Kier alpha value is -2.40. The van der Waals surface area contributed by atoms with Crippen molar-refractivity contribution in [2.75, 3.05) is 0 Å². The number of aromatic nitrogens is 2. The lowest BCUT2D eigenvalue weighted by atomic mass is 10.2. The molecule has 0 bridgehead atoms. The minimum absolute atomic E-state index is 0.0897. The quantitative estimate of drug-likeness (QED) is 0.141. The molecule has 0 unspecified atom stereocenters. The molecule has 3 aromatic carbocycles. The zero-order chi connectivity index (χ0) is 25.5. The molecule has 0 aliphatic rings. The number of fused-ring (bicyclic) bond motifs is 1. The lowest BCUT2D eigenvalue weighted by Gasteiger charge is -2.13. The number of rotatable bonds is 6. The van der Waals surface area contributed by atoms with Gasteiger partial charge < -0.3 is 4.98 Å². The van der Waals surface area contributed by atoms with E-state index in [-0.39, 0.29) is 31.0 Å². The molecule has 0 saturated heterocycles. The van der Waals surface area contributed by atoms with Gasteiger partial charge in [0.1, 0.15) is 0 Å². The average molecular weight is 589 g/mol. The number of sulfone groups is 1. The third-order valence-electron chi connectivity index (χ3n) is 5.05. The number of nitrogens with zero attached hydrogens (tertiary/aromatic N) is 2. The van der Waals surface area contributed by atoms with Crippen LogP contribution in [0.4, 0.5) is 5.69 Å². The number of halogens is 4. The molecule has 180 valence electrons. The highest BCUT2D eigenvalue weighted by atomic mass is 35.5. The van der Waals surface area contributed by atoms with Gasteiger partial charge in [-0.05, 0) is 48.1 Å². The van der Waals surface area contributed by atoms with E-state index in [1.807, 2.05) is 0 Å². The smallest absolute Gasteiger partial charge is 0.271 e. The van der Waals surface area contributed by atoms with E-state index >= 15 is 0 Å². The molecule has 0 aliphatic heterocycles. The number of benzene rings is 3. The summed E-state index contributed by atoms with van der Waals surface area (Å²) in [5.41, 5.74) is 1.10. The summed E-state index contributed by atoms with van der Waals surface area (Å²) in [6, 6.07) is 13.0. The minimum atomic E-state index is -4.10. The van der Waals surface area contributed by atoms with Crippen molar-refractivity contribution in [1.29, 1.82) is 0 Å². The number of H-pyrrole nitrogens is 1. The fourth-order valence-corrected chi connectivity index (χ4v) is 6.37. The molecule has 1 aromatic heterocycles. The second-order valence-corrected chi connectivity index (χ2v) is 11.4. The van der Waals surface area contributed by atoms with Gasteiger partial charge >= 0.3 is 0 Å². The number of non-ortho nitro benzene ring substituents is 1. The van der Waals surface area contributed by atoms with Crippen LogP contribution in [0.15, 0.2) is 54.6 Å². The molecule has 0 radical (unpaired) electrons. The molecule has 7 nitrogen and oxygen atoms in total. The molecule has 0 spiro atoms. The molecule has 0 atom stereocenters. The van der Waals surface area contributed by atoms with Gasteiger partial charge in [-0.1, -0.05) is 58.5 Å². The maximum atomic E-state index is 13.7. The van der Waals surface area contributed by atoms with Crippen molar-refractivity contribution in [3.63, 3.8) is 0 Å². The van der Waals surface area contributed by atoms with E-state index in [1.165, 1.54) is 65.4 Å². The summed E-state index contributed by atoms with van der Waals surface area (Å²) in [6.45, 7) is 0. The van der Waals surface area contributed by atoms with Crippen molar-refractivity contribution in [3.05, 3.63) is 101 Å². The Morgan fingerprint density at radius 3 is 2.29 bits per heavy atom. The van der Waals surface area contributed by atoms with Crippen molar-refractivity contribution < 1.29 is 13.3 Å². The fraction of sp³-hybridized carbons (Fsp3) is 0.0455. The molecule has 0 fully saturated rings. The van der Waals surface area contributed by atoms with Crippen LogP contribution < -0.4 is 0 Å². The Bertz CT molecular complexity index is 1690. The molecular weight excluding hydrogens is 576 g/mol. The van der Waals surface area contributed by atoms with Crippen molar-refractivity contribution in [1.82, 2.24) is 9.55 Å². The second-order valence-electron chi connectivity index (χ2n) is 7.37. The highest BCUT2D eigenvalue weighted by molar-refractivity contribution is 8.00. The topological polar surface area (TPSA) is 98.0 Å². The van der Waals surface area contributed by atoms with Gasteiger partial charge in [0.05, 0.1) is 31.6 Å². The predicted octanol–water partition coefficient (Wildman–Crippen LogP) is 7.79. The lowest BCUT2D eigenvalue weighted by molar-refractivity contribution is -0.384. The third kappa shape index (κ3) is 5.40. The summed E-state index contributed by atoms with van der Waals surface area (Å²) in [6.07, 6.45) is 1.28. The van der Waals surface area contributed by atoms with Crippen LogP contribution in [-0.4, -0.2) is 22.9 Å². The van der Waals surface area contributed by atoms with Crippen molar-refractivity contribution in [2.45, 2.75) is 5.75 Å². The van der Waals surface area contributed by atoms with E-state index in [9.17, 15) is 18.5 Å². The summed E-state index contributed by atoms with van der Waals surface area (Å²) >= 11 is 30.0. The molecule has 13 heteroatoms. The van der Waals surface area contributed by atoms with Crippen LogP contribution in [0.2, 0.25) is 20.1 Å². The van der Waals surface area contributed by atoms with Gasteiger partial charge in [0.15, 0.2) is 14.6 Å². The van der Waals surface area contributed by atoms with E-state index in [1.54, 1.807) is 0 Å². The first-order valence-electron chi connectivity index (χ1n) is 9.69. The van der Waals surface area contributed by atoms with Crippen LogP contribution in [0.1, 0.15) is 11.1 Å². The number of nitro groups is 1. The highest BCUT2D eigenvalue weighted by Crippen LogP contribution is 2.35. The first-order valence-corrected chi connectivity index (χ1v) is 13.3. The summed E-state index contributed by atoms with van der Waals surface area (Å²) < 4.78 is 28.9. The molecular formula is C22H13Cl4N3O4S2. The summed E-state index contributed by atoms with van der Waals surface area (Å²) in [7, 11) is -4.10. The number of imidazole rings is 1. The summed E-state index contributed by atoms with van der Waals surface area (Å²) in [4.78, 5) is 13.5. The Kier molecular flexibility index (Phi) is 7.28. The normalized spacial score (nSPS) is 12.3.